The van der Waals surface area contributed by atoms with Crippen LogP contribution in [0.5, 0.6) is 0 Å². The predicted octanol–water partition coefficient (Wildman–Crippen LogP) is 2.43. The summed E-state index contributed by atoms with van der Waals surface area (Å²) in [4.78, 5) is 3.49. The van der Waals surface area contributed by atoms with Crippen molar-refractivity contribution in [1.29, 1.82) is 5.26 Å². The zero-order valence-electron chi connectivity index (χ0n) is 6.97. The second kappa shape index (κ2) is 4.33. The molecule has 0 saturated heterocycles. The molecule has 0 aliphatic heterocycles. The molecule has 74 valence electrons. The van der Waals surface area contributed by atoms with Crippen molar-refractivity contribution in [3.63, 3.8) is 0 Å². The van der Waals surface area contributed by atoms with E-state index >= 15 is 0 Å². The molecule has 0 fully saturated rings. The SMILES string of the molecule is N#CCc1cc(N)nc(C(F)F)c1Br. The molecule has 1 aromatic rings. The van der Waals surface area contributed by atoms with E-state index in [-0.39, 0.29) is 16.7 Å². The predicted molar refractivity (Wildman–Crippen MR) is 50.6 cm³/mol. The molecule has 1 heterocycles. The molecule has 1 aromatic heterocycles. The van der Waals surface area contributed by atoms with Gasteiger partial charge in [-0.15, -0.1) is 0 Å². The van der Waals surface area contributed by atoms with Gasteiger partial charge in [0.1, 0.15) is 11.5 Å². The number of nitrogens with two attached hydrogens (primary N) is 1. The average molecular weight is 262 g/mol. The van der Waals surface area contributed by atoms with E-state index in [9.17, 15) is 8.78 Å². The van der Waals surface area contributed by atoms with Crippen molar-refractivity contribution >= 4 is 21.7 Å². The average Bonchev–Trinajstić information content (AvgIpc) is 2.10. The van der Waals surface area contributed by atoms with Gasteiger partial charge in [0, 0.05) is 4.47 Å². The fourth-order valence-electron chi connectivity index (χ4n) is 0.985. The number of hydrogen-bond donors (Lipinski definition) is 1. The fraction of sp³-hybridized carbons (Fsp3) is 0.250. The number of nitriles is 1. The first-order chi connectivity index (χ1) is 6.56. The monoisotopic (exact) mass is 261 g/mol. The largest absolute Gasteiger partial charge is 0.384 e. The van der Waals surface area contributed by atoms with Crippen molar-refractivity contribution in [2.45, 2.75) is 12.8 Å². The summed E-state index contributed by atoms with van der Waals surface area (Å²) in [6.45, 7) is 0. The van der Waals surface area contributed by atoms with Gasteiger partial charge in [-0.1, -0.05) is 0 Å². The summed E-state index contributed by atoms with van der Waals surface area (Å²) in [5.41, 5.74) is 5.33. The standard InChI is InChI=1S/C8H6BrF2N3/c9-6-4(1-2-12)3-5(13)14-7(6)8(10)11/h3,8H,1H2,(H2,13,14). The van der Waals surface area contributed by atoms with Gasteiger partial charge in [0.2, 0.25) is 0 Å². The molecule has 6 heteroatoms. The molecular weight excluding hydrogens is 256 g/mol. The number of rotatable bonds is 2. The van der Waals surface area contributed by atoms with E-state index in [1.807, 2.05) is 6.07 Å². The molecule has 0 amide bonds. The van der Waals surface area contributed by atoms with Crippen molar-refractivity contribution in [2.24, 2.45) is 0 Å². The Labute approximate surface area is 87.7 Å². The van der Waals surface area contributed by atoms with Crippen LogP contribution in [0.1, 0.15) is 17.7 Å². The van der Waals surface area contributed by atoms with Gasteiger partial charge < -0.3 is 5.73 Å². The van der Waals surface area contributed by atoms with Crippen LogP contribution in [0.3, 0.4) is 0 Å². The molecule has 0 atom stereocenters. The third-order valence-electron chi connectivity index (χ3n) is 1.55. The zero-order chi connectivity index (χ0) is 10.7. The minimum atomic E-state index is -2.70. The maximum atomic E-state index is 12.4. The Hall–Kier alpha value is -1.22. The van der Waals surface area contributed by atoms with Crippen molar-refractivity contribution in [3.05, 3.63) is 21.8 Å². The van der Waals surface area contributed by atoms with Gasteiger partial charge in [0.05, 0.1) is 12.5 Å². The zero-order valence-corrected chi connectivity index (χ0v) is 8.55. The number of nitrogen functional groups attached to an aromatic ring is 1. The van der Waals surface area contributed by atoms with Crippen LogP contribution >= 0.6 is 15.9 Å². The highest BCUT2D eigenvalue weighted by Crippen LogP contribution is 2.29. The number of aromatic nitrogens is 1. The van der Waals surface area contributed by atoms with Crippen molar-refractivity contribution in [2.75, 3.05) is 5.73 Å². The third kappa shape index (κ3) is 2.17. The van der Waals surface area contributed by atoms with Gasteiger partial charge in [0.25, 0.3) is 6.43 Å². The molecule has 14 heavy (non-hydrogen) atoms. The molecule has 0 aliphatic carbocycles. The normalized spacial score (nSPS) is 10.2. The molecule has 0 unspecified atom stereocenters. The van der Waals surface area contributed by atoms with Gasteiger partial charge in [-0.05, 0) is 27.6 Å². The first kappa shape index (κ1) is 10.9. The van der Waals surface area contributed by atoms with Gasteiger partial charge >= 0.3 is 0 Å². The minimum Gasteiger partial charge on any atom is -0.384 e. The number of alkyl halides is 2. The topological polar surface area (TPSA) is 62.7 Å². The number of hydrogen-bond acceptors (Lipinski definition) is 3. The molecule has 0 saturated carbocycles. The Balaban J connectivity index is 3.26. The van der Waals surface area contributed by atoms with Gasteiger partial charge in [-0.25, -0.2) is 13.8 Å². The van der Waals surface area contributed by atoms with Gasteiger partial charge in [-0.3, -0.25) is 0 Å². The first-order valence-corrected chi connectivity index (χ1v) is 4.45. The fourth-order valence-corrected chi connectivity index (χ4v) is 1.50. The van der Waals surface area contributed by atoms with E-state index in [4.69, 9.17) is 11.0 Å². The minimum absolute atomic E-state index is 0.00579. The molecule has 1 rings (SSSR count). The Morgan fingerprint density at radius 3 is 2.79 bits per heavy atom. The molecular formula is C8H6BrF2N3. The Kier molecular flexibility index (Phi) is 3.36. The van der Waals surface area contributed by atoms with Crippen molar-refractivity contribution in [1.82, 2.24) is 4.98 Å². The van der Waals surface area contributed by atoms with Crippen molar-refractivity contribution < 1.29 is 8.78 Å². The summed E-state index contributed by atoms with van der Waals surface area (Å²) >= 11 is 2.97. The van der Waals surface area contributed by atoms with E-state index in [2.05, 4.69) is 20.9 Å². The van der Waals surface area contributed by atoms with Crippen LogP contribution < -0.4 is 5.73 Å². The Bertz CT molecular complexity index is 387. The molecule has 0 aromatic carbocycles. The van der Waals surface area contributed by atoms with Crippen LogP contribution in [0.25, 0.3) is 0 Å². The maximum absolute atomic E-state index is 12.4. The smallest absolute Gasteiger partial charge is 0.281 e. The highest BCUT2D eigenvalue weighted by Gasteiger charge is 2.17. The molecule has 0 radical (unpaired) electrons. The molecule has 0 spiro atoms. The molecule has 2 N–H and O–H groups in total. The van der Waals surface area contributed by atoms with E-state index in [0.717, 1.165) is 0 Å². The third-order valence-corrected chi connectivity index (χ3v) is 2.47. The van der Waals surface area contributed by atoms with Crippen LogP contribution in [0.4, 0.5) is 14.6 Å². The van der Waals surface area contributed by atoms with Crippen LogP contribution in [-0.2, 0) is 6.42 Å². The molecule has 0 aliphatic rings. The van der Waals surface area contributed by atoms with Crippen LogP contribution in [0, 0.1) is 11.3 Å². The second-order valence-electron chi connectivity index (χ2n) is 2.54. The quantitative estimate of drug-likeness (QED) is 0.890. The Morgan fingerprint density at radius 1 is 1.64 bits per heavy atom. The summed E-state index contributed by atoms with van der Waals surface area (Å²) in [6.07, 6.45) is -2.68. The van der Waals surface area contributed by atoms with Gasteiger partial charge in [0.15, 0.2) is 0 Å². The summed E-state index contributed by atoms with van der Waals surface area (Å²) in [5, 5.41) is 8.44. The van der Waals surface area contributed by atoms with E-state index < -0.39 is 12.1 Å². The lowest BCUT2D eigenvalue weighted by Crippen LogP contribution is -2.01. The van der Waals surface area contributed by atoms with Crippen LogP contribution in [-0.4, -0.2) is 4.98 Å². The summed E-state index contributed by atoms with van der Waals surface area (Å²) in [6, 6.07) is 3.26. The highest BCUT2D eigenvalue weighted by atomic mass is 79.9. The van der Waals surface area contributed by atoms with E-state index in [1.165, 1.54) is 6.07 Å². The number of nitrogens with zero attached hydrogens (tertiary/aromatic N) is 2. The second-order valence-corrected chi connectivity index (χ2v) is 3.33. The lowest BCUT2D eigenvalue weighted by atomic mass is 10.2. The van der Waals surface area contributed by atoms with Crippen LogP contribution in [0.2, 0.25) is 0 Å². The maximum Gasteiger partial charge on any atom is 0.281 e. The highest BCUT2D eigenvalue weighted by molar-refractivity contribution is 9.10. The number of pyridine rings is 1. The summed E-state index contributed by atoms with van der Waals surface area (Å²) < 4.78 is 25.0. The van der Waals surface area contributed by atoms with E-state index in [1.54, 1.807) is 0 Å². The van der Waals surface area contributed by atoms with Crippen molar-refractivity contribution in [3.8, 4) is 6.07 Å². The lowest BCUT2D eigenvalue weighted by molar-refractivity contribution is 0.145. The lowest BCUT2D eigenvalue weighted by Gasteiger charge is -2.07. The number of anilines is 1. The van der Waals surface area contributed by atoms with E-state index in [0.29, 0.717) is 5.56 Å². The number of halogens is 3. The van der Waals surface area contributed by atoms with Crippen LogP contribution in [0.15, 0.2) is 10.5 Å². The first-order valence-electron chi connectivity index (χ1n) is 3.66. The molecule has 3 nitrogen and oxygen atoms in total. The molecule has 0 bridgehead atoms. The van der Waals surface area contributed by atoms with Gasteiger partial charge in [-0.2, -0.15) is 5.26 Å². The summed E-state index contributed by atoms with van der Waals surface area (Å²) in [7, 11) is 0. The summed E-state index contributed by atoms with van der Waals surface area (Å²) in [5.74, 6) is -0.00579. The Morgan fingerprint density at radius 2 is 2.29 bits per heavy atom.